The van der Waals surface area contributed by atoms with Crippen LogP contribution in [0.5, 0.6) is 0 Å². The van der Waals surface area contributed by atoms with Gasteiger partial charge >= 0.3 is 5.97 Å². The fourth-order valence-corrected chi connectivity index (χ4v) is 1.86. The Hall–Kier alpha value is -1.31. The van der Waals surface area contributed by atoms with Crippen LogP contribution in [-0.2, 0) is 16.0 Å². The zero-order valence-electron chi connectivity index (χ0n) is 9.03. The average molecular weight is 204 g/mol. The molecule has 1 fully saturated rings. The smallest absolute Gasteiger partial charge is 0.310 e. The molecular formula is C13H16O2. The maximum atomic E-state index is 11.4. The molecule has 1 aliphatic rings. The highest BCUT2D eigenvalue weighted by molar-refractivity contribution is 5.73. The molecule has 1 aromatic rings. The lowest BCUT2D eigenvalue weighted by atomic mass is 10.0. The van der Waals surface area contributed by atoms with Gasteiger partial charge in [-0.05, 0) is 36.8 Å². The topological polar surface area (TPSA) is 26.3 Å². The fourth-order valence-electron chi connectivity index (χ4n) is 1.86. The number of ether oxygens (including phenoxy) is 1. The van der Waals surface area contributed by atoms with Crippen molar-refractivity contribution in [2.24, 2.45) is 0 Å². The highest BCUT2D eigenvalue weighted by Crippen LogP contribution is 2.41. The minimum absolute atomic E-state index is 0.120. The van der Waals surface area contributed by atoms with E-state index >= 15 is 0 Å². The van der Waals surface area contributed by atoms with Gasteiger partial charge in [0.25, 0.3) is 0 Å². The van der Waals surface area contributed by atoms with Gasteiger partial charge in [-0.1, -0.05) is 24.3 Å². The van der Waals surface area contributed by atoms with Crippen molar-refractivity contribution < 1.29 is 9.53 Å². The Morgan fingerprint density at radius 1 is 1.40 bits per heavy atom. The van der Waals surface area contributed by atoms with Crippen LogP contribution >= 0.6 is 0 Å². The average Bonchev–Trinajstić information content (AvgIpc) is 3.02. The Balaban J connectivity index is 2.09. The molecule has 2 rings (SSSR count). The molecule has 0 aliphatic heterocycles. The second-order valence-corrected chi connectivity index (χ2v) is 3.95. The first-order valence-corrected chi connectivity index (χ1v) is 5.54. The lowest BCUT2D eigenvalue weighted by Crippen LogP contribution is -2.08. The summed E-state index contributed by atoms with van der Waals surface area (Å²) in [4.78, 5) is 11.4. The predicted octanol–water partition coefficient (Wildman–Crippen LogP) is 2.67. The van der Waals surface area contributed by atoms with E-state index in [0.717, 1.165) is 5.56 Å². The third-order valence-electron chi connectivity index (χ3n) is 2.71. The normalized spacial score (nSPS) is 15.0. The van der Waals surface area contributed by atoms with E-state index in [-0.39, 0.29) is 5.97 Å². The molecule has 1 aliphatic carbocycles. The minimum atomic E-state index is -0.120. The van der Waals surface area contributed by atoms with Crippen LogP contribution in [-0.4, -0.2) is 12.6 Å². The molecule has 1 aromatic carbocycles. The molecule has 15 heavy (non-hydrogen) atoms. The quantitative estimate of drug-likeness (QED) is 0.705. The van der Waals surface area contributed by atoms with Crippen LogP contribution in [0.3, 0.4) is 0 Å². The summed E-state index contributed by atoms with van der Waals surface area (Å²) in [7, 11) is 0. The van der Waals surface area contributed by atoms with Crippen LogP contribution in [0.15, 0.2) is 24.3 Å². The van der Waals surface area contributed by atoms with E-state index in [4.69, 9.17) is 4.74 Å². The molecule has 0 spiro atoms. The number of carbonyl (C=O) groups is 1. The number of hydrogen-bond acceptors (Lipinski definition) is 2. The second-order valence-electron chi connectivity index (χ2n) is 3.95. The Bertz CT molecular complexity index is 353. The summed E-state index contributed by atoms with van der Waals surface area (Å²) in [5.41, 5.74) is 2.48. The van der Waals surface area contributed by atoms with Crippen molar-refractivity contribution >= 4 is 5.97 Å². The number of rotatable bonds is 4. The summed E-state index contributed by atoms with van der Waals surface area (Å²) in [6, 6.07) is 8.19. The first-order valence-electron chi connectivity index (χ1n) is 5.54. The van der Waals surface area contributed by atoms with Gasteiger partial charge < -0.3 is 4.74 Å². The predicted molar refractivity (Wildman–Crippen MR) is 58.8 cm³/mol. The van der Waals surface area contributed by atoms with E-state index in [1.54, 1.807) is 0 Å². The molecule has 1 saturated carbocycles. The molecule has 2 nitrogen and oxygen atoms in total. The zero-order chi connectivity index (χ0) is 10.7. The Morgan fingerprint density at radius 3 is 2.80 bits per heavy atom. The van der Waals surface area contributed by atoms with Gasteiger partial charge in [-0.2, -0.15) is 0 Å². The van der Waals surface area contributed by atoms with Gasteiger partial charge in [-0.15, -0.1) is 0 Å². The maximum absolute atomic E-state index is 11.4. The van der Waals surface area contributed by atoms with Crippen molar-refractivity contribution in [1.82, 2.24) is 0 Å². The van der Waals surface area contributed by atoms with E-state index in [2.05, 4.69) is 6.07 Å². The first-order chi connectivity index (χ1) is 7.31. The lowest BCUT2D eigenvalue weighted by molar-refractivity contribution is -0.142. The molecule has 2 heteroatoms. The summed E-state index contributed by atoms with van der Waals surface area (Å²) in [6.45, 7) is 2.30. The molecule has 80 valence electrons. The van der Waals surface area contributed by atoms with E-state index < -0.39 is 0 Å². The summed E-state index contributed by atoms with van der Waals surface area (Å²) < 4.78 is 4.96. The van der Waals surface area contributed by atoms with Gasteiger partial charge in [0.2, 0.25) is 0 Å². The van der Waals surface area contributed by atoms with Gasteiger partial charge in [0.1, 0.15) is 0 Å². The first kappa shape index (κ1) is 10.2. The van der Waals surface area contributed by atoms with Gasteiger partial charge in [-0.3, -0.25) is 4.79 Å². The van der Waals surface area contributed by atoms with Crippen molar-refractivity contribution in [3.63, 3.8) is 0 Å². The van der Waals surface area contributed by atoms with Crippen molar-refractivity contribution in [2.45, 2.75) is 32.1 Å². The van der Waals surface area contributed by atoms with Gasteiger partial charge in [0, 0.05) is 0 Å². The van der Waals surface area contributed by atoms with Crippen LogP contribution < -0.4 is 0 Å². The number of benzene rings is 1. The number of hydrogen-bond donors (Lipinski definition) is 0. The van der Waals surface area contributed by atoms with Crippen LogP contribution in [0.1, 0.15) is 36.8 Å². The molecule has 0 radical (unpaired) electrons. The highest BCUT2D eigenvalue weighted by atomic mass is 16.5. The molecule has 0 N–H and O–H groups in total. The molecule has 0 bridgehead atoms. The number of esters is 1. The van der Waals surface area contributed by atoms with Gasteiger partial charge in [-0.25, -0.2) is 0 Å². The molecule has 0 amide bonds. The second kappa shape index (κ2) is 4.47. The summed E-state index contributed by atoms with van der Waals surface area (Å²) in [5.74, 6) is 0.571. The molecule has 0 heterocycles. The Morgan fingerprint density at radius 2 is 2.13 bits per heavy atom. The Kier molecular flexibility index (Phi) is 3.05. The maximum Gasteiger partial charge on any atom is 0.310 e. The third kappa shape index (κ3) is 2.58. The minimum Gasteiger partial charge on any atom is -0.466 e. The monoisotopic (exact) mass is 204 g/mol. The summed E-state index contributed by atoms with van der Waals surface area (Å²) >= 11 is 0. The number of carbonyl (C=O) groups excluding carboxylic acids is 1. The van der Waals surface area contributed by atoms with Crippen LogP contribution in [0, 0.1) is 0 Å². The van der Waals surface area contributed by atoms with Crippen LogP contribution in [0.4, 0.5) is 0 Å². The van der Waals surface area contributed by atoms with E-state index in [9.17, 15) is 4.79 Å². The zero-order valence-corrected chi connectivity index (χ0v) is 9.03. The lowest BCUT2D eigenvalue weighted by Gasteiger charge is -2.07. The van der Waals surface area contributed by atoms with Gasteiger partial charge in [0.15, 0.2) is 0 Å². The third-order valence-corrected chi connectivity index (χ3v) is 2.71. The van der Waals surface area contributed by atoms with E-state index in [0.29, 0.717) is 18.9 Å². The molecular weight excluding hydrogens is 188 g/mol. The van der Waals surface area contributed by atoms with Crippen molar-refractivity contribution in [2.75, 3.05) is 6.61 Å². The summed E-state index contributed by atoms with van der Waals surface area (Å²) in [6.07, 6.45) is 2.94. The van der Waals surface area contributed by atoms with Crippen molar-refractivity contribution in [3.8, 4) is 0 Å². The molecule has 0 atom stereocenters. The molecule has 0 unspecified atom stereocenters. The SMILES string of the molecule is CCOC(=O)Cc1ccccc1C1CC1. The Labute approximate surface area is 90.3 Å². The van der Waals surface area contributed by atoms with E-state index in [1.807, 2.05) is 25.1 Å². The molecule has 0 saturated heterocycles. The van der Waals surface area contributed by atoms with Crippen LogP contribution in [0.2, 0.25) is 0 Å². The van der Waals surface area contributed by atoms with Gasteiger partial charge in [0.05, 0.1) is 13.0 Å². The van der Waals surface area contributed by atoms with Crippen molar-refractivity contribution in [3.05, 3.63) is 35.4 Å². The van der Waals surface area contributed by atoms with Crippen molar-refractivity contribution in [1.29, 1.82) is 0 Å². The van der Waals surface area contributed by atoms with E-state index in [1.165, 1.54) is 18.4 Å². The standard InChI is InChI=1S/C13H16O2/c1-2-15-13(14)9-11-5-3-4-6-12(11)10-7-8-10/h3-6,10H,2,7-9H2,1H3. The highest BCUT2D eigenvalue weighted by Gasteiger charge is 2.26. The largest absolute Gasteiger partial charge is 0.466 e. The molecule has 0 aromatic heterocycles. The summed E-state index contributed by atoms with van der Waals surface area (Å²) in [5, 5.41) is 0. The fraction of sp³-hybridized carbons (Fsp3) is 0.462. The van der Waals surface area contributed by atoms with Crippen LogP contribution in [0.25, 0.3) is 0 Å².